The Kier molecular flexibility index (Phi) is 5.62. The lowest BCUT2D eigenvalue weighted by Gasteiger charge is -2.28. The molecule has 7 heteroatoms. The smallest absolute Gasteiger partial charge is 0.225 e. The van der Waals surface area contributed by atoms with E-state index in [0.29, 0.717) is 22.8 Å². The van der Waals surface area contributed by atoms with Gasteiger partial charge in [-0.2, -0.15) is 5.26 Å². The van der Waals surface area contributed by atoms with Gasteiger partial charge in [-0.25, -0.2) is 8.78 Å². The Morgan fingerprint density at radius 2 is 2.11 bits per heavy atom. The summed E-state index contributed by atoms with van der Waals surface area (Å²) in [4.78, 5) is 14.0. The largest absolute Gasteiger partial charge is 0.380 e. The number of carbonyl (C=O) groups excluding carboxylic acids is 1. The van der Waals surface area contributed by atoms with Gasteiger partial charge in [-0.05, 0) is 43.2 Å². The predicted octanol–water partition coefficient (Wildman–Crippen LogP) is 4.13. The van der Waals surface area contributed by atoms with E-state index in [1.165, 1.54) is 12.1 Å². The molecule has 1 amide bonds. The molecule has 4 nitrogen and oxygen atoms in total. The Bertz CT molecular complexity index is 913. The molecule has 1 aliphatic rings. The number of rotatable bonds is 5. The fourth-order valence-electron chi connectivity index (χ4n) is 3.50. The van der Waals surface area contributed by atoms with Crippen molar-refractivity contribution in [1.82, 2.24) is 4.90 Å². The van der Waals surface area contributed by atoms with Gasteiger partial charge in [0, 0.05) is 18.7 Å². The van der Waals surface area contributed by atoms with Crippen molar-refractivity contribution in [1.29, 1.82) is 5.26 Å². The third kappa shape index (κ3) is 3.88. The molecule has 1 aliphatic heterocycles. The van der Waals surface area contributed by atoms with Crippen LogP contribution in [0.5, 0.6) is 0 Å². The van der Waals surface area contributed by atoms with Crippen molar-refractivity contribution in [3.05, 3.63) is 64.2 Å². The first kappa shape index (κ1) is 19.1. The molecule has 2 aromatic carbocycles. The number of hydrogen-bond acceptors (Lipinski definition) is 3. The molecule has 0 aromatic heterocycles. The van der Waals surface area contributed by atoms with Crippen LogP contribution in [0.15, 0.2) is 36.4 Å². The molecule has 140 valence electrons. The fourth-order valence-corrected chi connectivity index (χ4v) is 3.72. The van der Waals surface area contributed by atoms with Crippen molar-refractivity contribution >= 4 is 23.2 Å². The van der Waals surface area contributed by atoms with Gasteiger partial charge in [0.05, 0.1) is 22.7 Å². The number of likely N-dealkylation sites (N-methyl/N-ethyl adjacent to an activating group) is 1. The lowest BCUT2D eigenvalue weighted by molar-refractivity contribution is -0.128. The highest BCUT2D eigenvalue weighted by Crippen LogP contribution is 2.28. The molecule has 2 atom stereocenters. The monoisotopic (exact) mass is 389 g/mol. The van der Waals surface area contributed by atoms with E-state index in [-0.39, 0.29) is 36.4 Å². The highest BCUT2D eigenvalue weighted by atomic mass is 35.5. The molecule has 1 N–H and O–H groups in total. The molecule has 0 aliphatic carbocycles. The molecule has 0 saturated carbocycles. The molecular formula is C20H18ClF2N3O. The van der Waals surface area contributed by atoms with Crippen LogP contribution in [0.1, 0.15) is 24.5 Å². The predicted molar refractivity (Wildman–Crippen MR) is 99.4 cm³/mol. The second kappa shape index (κ2) is 7.93. The average Bonchev–Trinajstić information content (AvgIpc) is 2.93. The van der Waals surface area contributed by atoms with Crippen LogP contribution in [0.2, 0.25) is 5.02 Å². The van der Waals surface area contributed by atoms with Gasteiger partial charge in [-0.3, -0.25) is 4.79 Å². The van der Waals surface area contributed by atoms with Gasteiger partial charge >= 0.3 is 0 Å². The van der Waals surface area contributed by atoms with Gasteiger partial charge in [-0.1, -0.05) is 23.7 Å². The molecule has 0 spiro atoms. The van der Waals surface area contributed by atoms with E-state index in [4.69, 9.17) is 16.9 Å². The summed E-state index contributed by atoms with van der Waals surface area (Å²) in [5.74, 6) is -1.83. The maximum absolute atomic E-state index is 14.1. The molecular weight excluding hydrogens is 372 g/mol. The summed E-state index contributed by atoms with van der Waals surface area (Å²) < 4.78 is 27.7. The van der Waals surface area contributed by atoms with Crippen LogP contribution >= 0.6 is 11.6 Å². The molecule has 1 saturated heterocycles. The summed E-state index contributed by atoms with van der Waals surface area (Å²) >= 11 is 6.07. The molecule has 0 bridgehead atoms. The Morgan fingerprint density at radius 3 is 2.78 bits per heavy atom. The standard InChI is InChI=1S/C20H18ClF2N3O/c1-2-26-18(8-12-4-3-5-16(22)20(12)23)17(10-19(26)27)25-14-7-6-13(11-24)15(21)9-14/h3-7,9,17-18,25H,2,8,10H2,1H3/t17-,18?/m0/s1. The zero-order chi connectivity index (χ0) is 19.6. The second-order valence-electron chi connectivity index (χ2n) is 6.43. The van der Waals surface area contributed by atoms with Crippen LogP contribution in [0, 0.1) is 23.0 Å². The van der Waals surface area contributed by atoms with Gasteiger partial charge < -0.3 is 10.2 Å². The normalized spacial score (nSPS) is 19.2. The number of nitrogens with one attached hydrogen (secondary N) is 1. The van der Waals surface area contributed by atoms with E-state index >= 15 is 0 Å². The number of carbonyl (C=O) groups is 1. The van der Waals surface area contributed by atoms with Crippen LogP contribution in [-0.2, 0) is 11.2 Å². The summed E-state index contributed by atoms with van der Waals surface area (Å²) in [5, 5.41) is 12.5. The number of anilines is 1. The first-order chi connectivity index (χ1) is 12.9. The zero-order valence-corrected chi connectivity index (χ0v) is 15.4. The van der Waals surface area contributed by atoms with Crippen molar-refractivity contribution in [2.45, 2.75) is 31.8 Å². The van der Waals surface area contributed by atoms with Crippen LogP contribution in [0.3, 0.4) is 0 Å². The van der Waals surface area contributed by atoms with Gasteiger partial charge in [0.25, 0.3) is 0 Å². The minimum atomic E-state index is -0.900. The van der Waals surface area contributed by atoms with E-state index in [2.05, 4.69) is 5.32 Å². The first-order valence-corrected chi connectivity index (χ1v) is 9.01. The summed E-state index contributed by atoms with van der Waals surface area (Å²) in [6, 6.07) is 10.4. The number of benzene rings is 2. The zero-order valence-electron chi connectivity index (χ0n) is 14.7. The Labute approximate surface area is 161 Å². The van der Waals surface area contributed by atoms with Gasteiger partial charge in [0.15, 0.2) is 11.6 Å². The highest BCUT2D eigenvalue weighted by Gasteiger charge is 2.39. The third-order valence-electron chi connectivity index (χ3n) is 4.82. The van der Waals surface area contributed by atoms with E-state index in [0.717, 1.165) is 6.07 Å². The lowest BCUT2D eigenvalue weighted by Crippen LogP contribution is -2.41. The third-order valence-corrected chi connectivity index (χ3v) is 5.14. The van der Waals surface area contributed by atoms with Crippen molar-refractivity contribution < 1.29 is 13.6 Å². The maximum Gasteiger partial charge on any atom is 0.225 e. The van der Waals surface area contributed by atoms with E-state index in [1.807, 2.05) is 13.0 Å². The second-order valence-corrected chi connectivity index (χ2v) is 6.83. The van der Waals surface area contributed by atoms with Crippen molar-refractivity contribution in [2.75, 3.05) is 11.9 Å². The first-order valence-electron chi connectivity index (χ1n) is 8.63. The van der Waals surface area contributed by atoms with E-state index in [1.54, 1.807) is 23.1 Å². The lowest BCUT2D eigenvalue weighted by atomic mass is 9.99. The minimum Gasteiger partial charge on any atom is -0.380 e. The molecule has 3 rings (SSSR count). The SMILES string of the molecule is CCN1C(=O)C[C@H](Nc2ccc(C#N)c(Cl)c2)C1Cc1cccc(F)c1F. The van der Waals surface area contributed by atoms with Crippen molar-refractivity contribution in [3.63, 3.8) is 0 Å². The topological polar surface area (TPSA) is 56.1 Å². The average molecular weight is 390 g/mol. The number of nitriles is 1. The number of halogens is 3. The number of hydrogen-bond donors (Lipinski definition) is 1. The van der Waals surface area contributed by atoms with Gasteiger partial charge in [0.1, 0.15) is 6.07 Å². The van der Waals surface area contributed by atoms with E-state index in [9.17, 15) is 13.6 Å². The fraction of sp³-hybridized carbons (Fsp3) is 0.300. The summed E-state index contributed by atoms with van der Waals surface area (Å²) in [6.07, 6.45) is 0.442. The molecule has 2 aromatic rings. The number of nitrogens with zero attached hydrogens (tertiary/aromatic N) is 2. The van der Waals surface area contributed by atoms with Crippen LogP contribution in [-0.4, -0.2) is 29.4 Å². The molecule has 1 unspecified atom stereocenters. The Hall–Kier alpha value is -2.65. The number of likely N-dealkylation sites (tertiary alicyclic amines) is 1. The van der Waals surface area contributed by atoms with Crippen LogP contribution < -0.4 is 5.32 Å². The van der Waals surface area contributed by atoms with Crippen LogP contribution in [0.25, 0.3) is 0 Å². The summed E-state index contributed by atoms with van der Waals surface area (Å²) in [5.41, 5.74) is 1.26. The van der Waals surface area contributed by atoms with Crippen molar-refractivity contribution in [3.8, 4) is 6.07 Å². The van der Waals surface area contributed by atoms with E-state index < -0.39 is 11.6 Å². The Balaban J connectivity index is 1.86. The maximum atomic E-state index is 14.1. The van der Waals surface area contributed by atoms with Crippen molar-refractivity contribution in [2.24, 2.45) is 0 Å². The highest BCUT2D eigenvalue weighted by molar-refractivity contribution is 6.32. The molecule has 1 fully saturated rings. The summed E-state index contributed by atoms with van der Waals surface area (Å²) in [7, 11) is 0. The van der Waals surface area contributed by atoms with Gasteiger partial charge in [-0.15, -0.1) is 0 Å². The van der Waals surface area contributed by atoms with Crippen LogP contribution in [0.4, 0.5) is 14.5 Å². The summed E-state index contributed by atoms with van der Waals surface area (Å²) in [6.45, 7) is 2.33. The molecule has 0 radical (unpaired) electrons. The minimum absolute atomic E-state index is 0.0449. The molecule has 1 heterocycles. The number of amides is 1. The quantitative estimate of drug-likeness (QED) is 0.836. The van der Waals surface area contributed by atoms with Gasteiger partial charge in [0.2, 0.25) is 5.91 Å². The molecule has 27 heavy (non-hydrogen) atoms. The Morgan fingerprint density at radius 1 is 1.33 bits per heavy atom.